The average Bonchev–Trinajstić information content (AvgIpc) is 2.20. The Hall–Kier alpha value is -0.410. The van der Waals surface area contributed by atoms with Crippen molar-refractivity contribution in [1.82, 2.24) is 4.98 Å². The van der Waals surface area contributed by atoms with Gasteiger partial charge < -0.3 is 5.11 Å². The van der Waals surface area contributed by atoms with Crippen LogP contribution in [0.2, 0.25) is 0 Å². The van der Waals surface area contributed by atoms with Gasteiger partial charge in [0.15, 0.2) is 0 Å². The monoisotopic (exact) mass is 255 g/mol. The molecule has 0 aliphatic heterocycles. The molecule has 76 valence electrons. The Morgan fingerprint density at radius 2 is 2.36 bits per heavy atom. The molecule has 1 atom stereocenters. The number of hydrogen-bond donors (Lipinski definition) is 1. The van der Waals surface area contributed by atoms with Gasteiger partial charge >= 0.3 is 0 Å². The SMILES string of the molecule is CCC1(O)CCCc2ccc(Br)nc21. The normalized spacial score (nSPS) is 25.9. The van der Waals surface area contributed by atoms with E-state index < -0.39 is 5.60 Å². The first-order valence-electron chi connectivity index (χ1n) is 5.04. The van der Waals surface area contributed by atoms with Gasteiger partial charge in [0, 0.05) is 0 Å². The van der Waals surface area contributed by atoms with Crippen LogP contribution in [0.5, 0.6) is 0 Å². The lowest BCUT2D eigenvalue weighted by molar-refractivity contribution is 0.0101. The largest absolute Gasteiger partial charge is 0.384 e. The Balaban J connectivity index is 2.52. The van der Waals surface area contributed by atoms with E-state index in [9.17, 15) is 5.11 Å². The van der Waals surface area contributed by atoms with E-state index in [1.54, 1.807) is 0 Å². The van der Waals surface area contributed by atoms with Crippen LogP contribution in [0.25, 0.3) is 0 Å². The minimum Gasteiger partial charge on any atom is -0.384 e. The van der Waals surface area contributed by atoms with Gasteiger partial charge in [-0.25, -0.2) is 4.98 Å². The van der Waals surface area contributed by atoms with Crippen molar-refractivity contribution in [1.29, 1.82) is 0 Å². The summed E-state index contributed by atoms with van der Waals surface area (Å²) in [5.74, 6) is 0. The summed E-state index contributed by atoms with van der Waals surface area (Å²) in [7, 11) is 0. The Labute approximate surface area is 92.5 Å². The molecule has 1 aliphatic carbocycles. The van der Waals surface area contributed by atoms with E-state index in [1.807, 2.05) is 13.0 Å². The zero-order valence-corrected chi connectivity index (χ0v) is 9.84. The second-order valence-corrected chi connectivity index (χ2v) is 4.69. The van der Waals surface area contributed by atoms with Crippen LogP contribution in [0.4, 0.5) is 0 Å². The van der Waals surface area contributed by atoms with Crippen molar-refractivity contribution < 1.29 is 5.11 Å². The number of rotatable bonds is 1. The van der Waals surface area contributed by atoms with Crippen molar-refractivity contribution in [3.63, 3.8) is 0 Å². The molecule has 0 aromatic carbocycles. The van der Waals surface area contributed by atoms with Gasteiger partial charge in [0.1, 0.15) is 10.2 Å². The first-order chi connectivity index (χ1) is 6.65. The van der Waals surface area contributed by atoms with Crippen LogP contribution in [-0.4, -0.2) is 10.1 Å². The fraction of sp³-hybridized carbons (Fsp3) is 0.545. The average molecular weight is 256 g/mol. The molecule has 0 saturated carbocycles. The molecule has 1 unspecified atom stereocenters. The van der Waals surface area contributed by atoms with Gasteiger partial charge in [-0.3, -0.25) is 0 Å². The predicted octanol–water partition coefficient (Wildman–Crippen LogP) is 2.78. The Morgan fingerprint density at radius 1 is 1.57 bits per heavy atom. The lowest BCUT2D eigenvalue weighted by Gasteiger charge is -2.32. The summed E-state index contributed by atoms with van der Waals surface area (Å²) >= 11 is 3.35. The highest BCUT2D eigenvalue weighted by molar-refractivity contribution is 9.10. The fourth-order valence-electron chi connectivity index (χ4n) is 2.10. The van der Waals surface area contributed by atoms with Crippen molar-refractivity contribution in [2.24, 2.45) is 0 Å². The molecule has 0 saturated heterocycles. The topological polar surface area (TPSA) is 33.1 Å². The minimum atomic E-state index is -0.697. The quantitative estimate of drug-likeness (QED) is 0.784. The highest BCUT2D eigenvalue weighted by Gasteiger charge is 2.34. The molecule has 2 rings (SSSR count). The molecule has 1 aromatic heterocycles. The molecule has 0 radical (unpaired) electrons. The maximum Gasteiger partial charge on any atom is 0.107 e. The van der Waals surface area contributed by atoms with Gasteiger partial charge in [-0.2, -0.15) is 0 Å². The Morgan fingerprint density at radius 3 is 3.07 bits per heavy atom. The van der Waals surface area contributed by atoms with E-state index in [2.05, 4.69) is 27.0 Å². The smallest absolute Gasteiger partial charge is 0.107 e. The third kappa shape index (κ3) is 1.59. The lowest BCUT2D eigenvalue weighted by atomic mass is 9.81. The van der Waals surface area contributed by atoms with Crippen molar-refractivity contribution >= 4 is 15.9 Å². The molecular weight excluding hydrogens is 242 g/mol. The number of nitrogens with zero attached hydrogens (tertiary/aromatic N) is 1. The number of aryl methyl sites for hydroxylation is 1. The number of halogens is 1. The number of fused-ring (bicyclic) bond motifs is 1. The molecule has 0 fully saturated rings. The third-order valence-electron chi connectivity index (χ3n) is 3.01. The molecule has 0 spiro atoms. The standard InChI is InChI=1S/C11H14BrNO/c1-2-11(14)7-3-4-8-5-6-9(12)13-10(8)11/h5-6,14H,2-4,7H2,1H3. The maximum atomic E-state index is 10.4. The van der Waals surface area contributed by atoms with Crippen LogP contribution < -0.4 is 0 Å². The van der Waals surface area contributed by atoms with Gasteiger partial charge in [-0.1, -0.05) is 13.0 Å². The number of aromatic nitrogens is 1. The third-order valence-corrected chi connectivity index (χ3v) is 3.45. The van der Waals surface area contributed by atoms with Crippen LogP contribution in [0, 0.1) is 0 Å². The maximum absolute atomic E-state index is 10.4. The van der Waals surface area contributed by atoms with Crippen LogP contribution >= 0.6 is 15.9 Å². The van der Waals surface area contributed by atoms with Crippen LogP contribution in [0.15, 0.2) is 16.7 Å². The zero-order valence-electron chi connectivity index (χ0n) is 8.26. The summed E-state index contributed by atoms with van der Waals surface area (Å²) < 4.78 is 0.810. The van der Waals surface area contributed by atoms with Crippen LogP contribution in [0.3, 0.4) is 0 Å². The first-order valence-corrected chi connectivity index (χ1v) is 5.83. The summed E-state index contributed by atoms with van der Waals surface area (Å²) in [5, 5.41) is 10.4. The number of pyridine rings is 1. The molecule has 3 heteroatoms. The van der Waals surface area contributed by atoms with E-state index in [0.717, 1.165) is 36.0 Å². The molecule has 1 heterocycles. The van der Waals surface area contributed by atoms with E-state index in [1.165, 1.54) is 5.56 Å². The van der Waals surface area contributed by atoms with Crippen molar-refractivity contribution in [3.8, 4) is 0 Å². The zero-order chi connectivity index (χ0) is 10.2. The highest BCUT2D eigenvalue weighted by Crippen LogP contribution is 2.36. The first kappa shape index (κ1) is 10.1. The second-order valence-electron chi connectivity index (χ2n) is 3.88. The molecular formula is C11H14BrNO. The van der Waals surface area contributed by atoms with Crippen molar-refractivity contribution in [2.45, 2.75) is 38.2 Å². The summed E-state index contributed by atoms with van der Waals surface area (Å²) in [6.45, 7) is 2.01. The highest BCUT2D eigenvalue weighted by atomic mass is 79.9. The summed E-state index contributed by atoms with van der Waals surface area (Å²) in [6.07, 6.45) is 3.67. The number of aliphatic hydroxyl groups is 1. The van der Waals surface area contributed by atoms with Crippen LogP contribution in [-0.2, 0) is 12.0 Å². The summed E-state index contributed by atoms with van der Waals surface area (Å²) in [6, 6.07) is 4.01. The molecule has 2 nitrogen and oxygen atoms in total. The van der Waals surface area contributed by atoms with Crippen molar-refractivity contribution in [2.75, 3.05) is 0 Å². The Kier molecular flexibility index (Phi) is 2.62. The summed E-state index contributed by atoms with van der Waals surface area (Å²) in [5.41, 5.74) is 1.38. The molecule has 0 amide bonds. The fourth-order valence-corrected chi connectivity index (χ4v) is 2.41. The molecule has 1 aromatic rings. The van der Waals surface area contributed by atoms with Gasteiger partial charge in [0.2, 0.25) is 0 Å². The minimum absolute atomic E-state index is 0.697. The van der Waals surface area contributed by atoms with E-state index >= 15 is 0 Å². The van der Waals surface area contributed by atoms with Gasteiger partial charge in [0.25, 0.3) is 0 Å². The Bertz CT molecular complexity index is 353. The second kappa shape index (κ2) is 3.63. The van der Waals surface area contributed by atoms with E-state index in [4.69, 9.17) is 0 Å². The number of hydrogen-bond acceptors (Lipinski definition) is 2. The van der Waals surface area contributed by atoms with Crippen LogP contribution in [0.1, 0.15) is 37.4 Å². The van der Waals surface area contributed by atoms with Crippen molar-refractivity contribution in [3.05, 3.63) is 28.0 Å². The van der Waals surface area contributed by atoms with Gasteiger partial charge in [-0.15, -0.1) is 0 Å². The predicted molar refractivity (Wildman–Crippen MR) is 59.1 cm³/mol. The van der Waals surface area contributed by atoms with E-state index in [-0.39, 0.29) is 0 Å². The lowest BCUT2D eigenvalue weighted by Crippen LogP contribution is -2.31. The van der Waals surface area contributed by atoms with E-state index in [0.29, 0.717) is 0 Å². The molecule has 1 N–H and O–H groups in total. The molecule has 0 bridgehead atoms. The molecule has 1 aliphatic rings. The molecule has 14 heavy (non-hydrogen) atoms. The van der Waals surface area contributed by atoms with Gasteiger partial charge in [-0.05, 0) is 53.2 Å². The summed E-state index contributed by atoms with van der Waals surface area (Å²) in [4.78, 5) is 4.40. The van der Waals surface area contributed by atoms with Gasteiger partial charge in [0.05, 0.1) is 5.69 Å².